The average molecular weight is 427 g/mol. The fourth-order valence-corrected chi connectivity index (χ4v) is 3.72. The molecule has 0 aromatic heterocycles. The van der Waals surface area contributed by atoms with Gasteiger partial charge in [0, 0.05) is 12.2 Å². The minimum atomic E-state index is -0.0696. The molecule has 0 saturated carbocycles. The summed E-state index contributed by atoms with van der Waals surface area (Å²) in [6, 6.07) is 0. The molecule has 0 unspecified atom stereocenters. The summed E-state index contributed by atoms with van der Waals surface area (Å²) in [5.41, 5.74) is 0. The Morgan fingerprint density at radius 3 is 1.52 bits per heavy atom. The Hall–Kier alpha value is -0.440. The lowest BCUT2D eigenvalue weighted by molar-refractivity contribution is -0.143. The number of esters is 1. The monoisotopic (exact) mass is 426 g/mol. The van der Waals surface area contributed by atoms with E-state index in [0.29, 0.717) is 18.8 Å². The Morgan fingerprint density at radius 1 is 0.655 bits per heavy atom. The third kappa shape index (κ3) is 25.5. The van der Waals surface area contributed by atoms with Crippen molar-refractivity contribution in [3.63, 3.8) is 0 Å². The molecule has 0 saturated heterocycles. The smallest absolute Gasteiger partial charge is 0.305 e. The van der Waals surface area contributed by atoms with Gasteiger partial charge >= 0.3 is 5.97 Å². The third-order valence-electron chi connectivity index (χ3n) is 5.50. The maximum atomic E-state index is 11.3. The summed E-state index contributed by atoms with van der Waals surface area (Å²) < 4.78 is 5.01. The van der Waals surface area contributed by atoms with Crippen molar-refractivity contribution in [2.45, 2.75) is 135 Å². The molecule has 0 spiro atoms. The maximum absolute atomic E-state index is 11.3. The number of allylic oxidation sites excluding steroid dienone is 2. The molecule has 0 atom stereocenters. The molecule has 3 heteroatoms. The fourth-order valence-electron chi connectivity index (χ4n) is 3.63. The zero-order valence-electron chi connectivity index (χ0n) is 19.5. The summed E-state index contributed by atoms with van der Waals surface area (Å²) in [4.78, 5) is 11.3. The van der Waals surface area contributed by atoms with E-state index in [9.17, 15) is 4.79 Å². The van der Waals surface area contributed by atoms with Gasteiger partial charge in [-0.2, -0.15) is 12.6 Å². The topological polar surface area (TPSA) is 26.3 Å². The minimum absolute atomic E-state index is 0.0696. The van der Waals surface area contributed by atoms with E-state index in [4.69, 9.17) is 4.74 Å². The molecule has 0 aliphatic carbocycles. The Labute approximate surface area is 188 Å². The van der Waals surface area contributed by atoms with Crippen molar-refractivity contribution in [3.8, 4) is 0 Å². The van der Waals surface area contributed by atoms with Crippen LogP contribution in [0.1, 0.15) is 135 Å². The molecule has 0 rings (SSSR count). The molecule has 2 nitrogen and oxygen atoms in total. The number of thiol groups is 1. The van der Waals surface area contributed by atoms with E-state index in [1.54, 1.807) is 0 Å². The molecule has 0 radical (unpaired) electrons. The summed E-state index contributed by atoms with van der Waals surface area (Å²) >= 11 is 4.03. The van der Waals surface area contributed by atoms with Crippen LogP contribution in [0.5, 0.6) is 0 Å². The number of rotatable bonds is 23. The highest BCUT2D eigenvalue weighted by Gasteiger charge is 2.01. The van der Waals surface area contributed by atoms with Crippen molar-refractivity contribution in [2.75, 3.05) is 12.4 Å². The molecule has 0 N–H and O–H groups in total. The van der Waals surface area contributed by atoms with E-state index in [-0.39, 0.29) is 5.97 Å². The van der Waals surface area contributed by atoms with E-state index in [2.05, 4.69) is 31.7 Å². The Bertz CT molecular complexity index is 355. The fraction of sp³-hybridized carbons (Fsp3) is 0.885. The molecular weight excluding hydrogens is 376 g/mol. The van der Waals surface area contributed by atoms with E-state index in [1.807, 2.05) is 0 Å². The van der Waals surface area contributed by atoms with Gasteiger partial charge in [-0.15, -0.1) is 0 Å². The number of carbonyl (C=O) groups is 1. The summed E-state index contributed by atoms with van der Waals surface area (Å²) in [5, 5.41) is 0. The van der Waals surface area contributed by atoms with Crippen molar-refractivity contribution < 1.29 is 9.53 Å². The Kier molecular flexibility index (Phi) is 25.2. The number of unbranched alkanes of at least 4 members (excludes halogenated alkanes) is 17. The molecule has 0 bridgehead atoms. The zero-order chi connectivity index (χ0) is 21.3. The quantitative estimate of drug-likeness (QED) is 0.0764. The molecular formula is C26H50O2S. The highest BCUT2D eigenvalue weighted by atomic mass is 32.1. The molecule has 0 aromatic carbocycles. The van der Waals surface area contributed by atoms with Crippen molar-refractivity contribution >= 4 is 18.6 Å². The van der Waals surface area contributed by atoms with Gasteiger partial charge in [0.1, 0.15) is 6.61 Å². The van der Waals surface area contributed by atoms with Crippen LogP contribution in [0.2, 0.25) is 0 Å². The summed E-state index contributed by atoms with van der Waals surface area (Å²) in [6.45, 7) is 2.73. The number of carbonyl (C=O) groups excluding carboxylic acids is 1. The molecule has 0 fully saturated rings. The third-order valence-corrected chi connectivity index (χ3v) is 5.68. The second-order valence-electron chi connectivity index (χ2n) is 8.40. The summed E-state index contributed by atoms with van der Waals surface area (Å²) in [6.07, 6.45) is 30.7. The van der Waals surface area contributed by atoms with Gasteiger partial charge < -0.3 is 4.74 Å². The van der Waals surface area contributed by atoms with E-state index in [1.165, 1.54) is 109 Å². The molecule has 0 aliphatic rings. The first-order chi connectivity index (χ1) is 14.3. The summed E-state index contributed by atoms with van der Waals surface area (Å²) in [7, 11) is 0. The van der Waals surface area contributed by atoms with Crippen LogP contribution in [0, 0.1) is 0 Å². The number of hydrogen-bond acceptors (Lipinski definition) is 3. The minimum Gasteiger partial charge on any atom is -0.465 e. The second-order valence-corrected chi connectivity index (χ2v) is 8.85. The first kappa shape index (κ1) is 28.6. The Morgan fingerprint density at radius 2 is 1.07 bits per heavy atom. The highest BCUT2D eigenvalue weighted by molar-refractivity contribution is 7.80. The van der Waals surface area contributed by atoms with Crippen molar-refractivity contribution in [3.05, 3.63) is 12.2 Å². The van der Waals surface area contributed by atoms with Crippen molar-refractivity contribution in [1.29, 1.82) is 0 Å². The standard InChI is InChI=1S/C26H50O2S/c1-2-3-4-5-6-7-8-9-10-11-12-13-14-15-16-17-18-19-20-21-22-23-26(27)28-24-25-29/h15-16,29H,2-14,17-25H2,1H3/b16-15+. The lowest BCUT2D eigenvalue weighted by Crippen LogP contribution is -2.06. The normalized spacial score (nSPS) is 11.4. The van der Waals surface area contributed by atoms with Gasteiger partial charge in [-0.25, -0.2) is 0 Å². The van der Waals surface area contributed by atoms with Gasteiger partial charge in [-0.05, 0) is 32.1 Å². The number of hydrogen-bond donors (Lipinski definition) is 1. The lowest BCUT2D eigenvalue weighted by Gasteiger charge is -2.03. The molecule has 0 aliphatic heterocycles. The average Bonchev–Trinajstić information content (AvgIpc) is 2.73. The molecule has 172 valence electrons. The Balaban J connectivity index is 3.13. The molecule has 29 heavy (non-hydrogen) atoms. The van der Waals surface area contributed by atoms with Gasteiger partial charge in [-0.1, -0.05) is 109 Å². The van der Waals surface area contributed by atoms with Crippen LogP contribution in [-0.2, 0) is 9.53 Å². The first-order valence-corrected chi connectivity index (χ1v) is 13.4. The van der Waals surface area contributed by atoms with Crippen LogP contribution in [0.15, 0.2) is 12.2 Å². The first-order valence-electron chi connectivity index (χ1n) is 12.7. The predicted octanol–water partition coefficient (Wildman–Crippen LogP) is 8.84. The van der Waals surface area contributed by atoms with Gasteiger partial charge in [0.2, 0.25) is 0 Å². The van der Waals surface area contributed by atoms with Crippen LogP contribution in [0.25, 0.3) is 0 Å². The van der Waals surface area contributed by atoms with E-state index < -0.39 is 0 Å². The molecule has 0 amide bonds. The second kappa shape index (κ2) is 25.6. The van der Waals surface area contributed by atoms with Crippen LogP contribution >= 0.6 is 12.6 Å². The van der Waals surface area contributed by atoms with Crippen molar-refractivity contribution in [1.82, 2.24) is 0 Å². The van der Waals surface area contributed by atoms with Gasteiger partial charge in [0.05, 0.1) is 0 Å². The predicted molar refractivity (Wildman–Crippen MR) is 132 cm³/mol. The number of ether oxygens (including phenoxy) is 1. The largest absolute Gasteiger partial charge is 0.465 e. The zero-order valence-corrected chi connectivity index (χ0v) is 20.4. The molecule has 0 aromatic rings. The van der Waals surface area contributed by atoms with Gasteiger partial charge in [0.15, 0.2) is 0 Å². The van der Waals surface area contributed by atoms with Gasteiger partial charge in [-0.3, -0.25) is 4.79 Å². The lowest BCUT2D eigenvalue weighted by atomic mass is 10.0. The summed E-state index contributed by atoms with van der Waals surface area (Å²) in [5.74, 6) is 0.540. The van der Waals surface area contributed by atoms with E-state index in [0.717, 1.165) is 12.8 Å². The SMILES string of the molecule is CCCCCCCCCCCCCC/C=C/CCCCCCCC(=O)OCCS. The highest BCUT2D eigenvalue weighted by Crippen LogP contribution is 2.13. The van der Waals surface area contributed by atoms with Crippen LogP contribution in [0.3, 0.4) is 0 Å². The van der Waals surface area contributed by atoms with Crippen molar-refractivity contribution in [2.24, 2.45) is 0 Å². The molecule has 0 heterocycles. The van der Waals surface area contributed by atoms with Crippen LogP contribution in [0.4, 0.5) is 0 Å². The van der Waals surface area contributed by atoms with Crippen LogP contribution < -0.4 is 0 Å². The van der Waals surface area contributed by atoms with Gasteiger partial charge in [0.25, 0.3) is 0 Å². The van der Waals surface area contributed by atoms with E-state index >= 15 is 0 Å². The van der Waals surface area contributed by atoms with Crippen LogP contribution in [-0.4, -0.2) is 18.3 Å². The maximum Gasteiger partial charge on any atom is 0.305 e.